The largest absolute Gasteiger partial charge is 0.389 e. The summed E-state index contributed by atoms with van der Waals surface area (Å²) in [4.78, 5) is 2.27. The van der Waals surface area contributed by atoms with E-state index in [9.17, 15) is 5.11 Å². The number of rotatable bonds is 7. The van der Waals surface area contributed by atoms with Crippen LogP contribution < -0.4 is 5.73 Å². The molecular formula is C12H28N2O. The van der Waals surface area contributed by atoms with Gasteiger partial charge in [-0.3, -0.25) is 0 Å². The molecule has 0 bridgehead atoms. The molecule has 0 amide bonds. The maximum atomic E-state index is 10.0. The Labute approximate surface area is 94.6 Å². The number of aliphatic hydroxyl groups is 1. The van der Waals surface area contributed by atoms with Gasteiger partial charge < -0.3 is 15.7 Å². The highest BCUT2D eigenvalue weighted by atomic mass is 16.3. The molecule has 3 nitrogen and oxygen atoms in total. The van der Waals surface area contributed by atoms with Gasteiger partial charge in [0.05, 0.1) is 5.60 Å². The smallest absolute Gasteiger partial charge is 0.0743 e. The molecule has 0 aromatic rings. The monoisotopic (exact) mass is 216 g/mol. The third kappa shape index (κ3) is 6.13. The van der Waals surface area contributed by atoms with Crippen molar-refractivity contribution in [1.82, 2.24) is 4.90 Å². The molecule has 0 aliphatic carbocycles. The molecule has 3 N–H and O–H groups in total. The molecule has 0 fully saturated rings. The summed E-state index contributed by atoms with van der Waals surface area (Å²) in [5, 5.41) is 10.0. The van der Waals surface area contributed by atoms with Gasteiger partial charge in [0.2, 0.25) is 0 Å². The first-order valence-corrected chi connectivity index (χ1v) is 5.91. The number of hydrogen-bond donors (Lipinski definition) is 2. The summed E-state index contributed by atoms with van der Waals surface area (Å²) in [5.74, 6) is 0. The van der Waals surface area contributed by atoms with E-state index in [1.165, 1.54) is 0 Å². The minimum Gasteiger partial charge on any atom is -0.389 e. The summed E-state index contributed by atoms with van der Waals surface area (Å²) in [6, 6.07) is 0. The first kappa shape index (κ1) is 14.9. The standard InChI is InChI=1S/C12H28N2O/c1-6-12(5,15)10-14(7-2)9-11(3,4)8-13/h15H,6-10,13H2,1-5H3. The van der Waals surface area contributed by atoms with Crippen molar-refractivity contribution >= 4 is 0 Å². The Hall–Kier alpha value is -0.120. The summed E-state index contributed by atoms with van der Waals surface area (Å²) >= 11 is 0. The van der Waals surface area contributed by atoms with E-state index in [0.717, 1.165) is 26.1 Å². The second-order valence-corrected chi connectivity index (χ2v) is 5.52. The topological polar surface area (TPSA) is 49.5 Å². The highest BCUT2D eigenvalue weighted by Gasteiger charge is 2.25. The lowest BCUT2D eigenvalue weighted by Gasteiger charge is -2.35. The molecule has 0 saturated heterocycles. The van der Waals surface area contributed by atoms with Crippen LogP contribution in [0.1, 0.15) is 41.0 Å². The van der Waals surface area contributed by atoms with Gasteiger partial charge in [0.1, 0.15) is 0 Å². The number of likely N-dealkylation sites (N-methyl/N-ethyl adjacent to an activating group) is 1. The molecule has 92 valence electrons. The highest BCUT2D eigenvalue weighted by Crippen LogP contribution is 2.18. The van der Waals surface area contributed by atoms with Crippen molar-refractivity contribution < 1.29 is 5.11 Å². The molecule has 0 saturated carbocycles. The Morgan fingerprint density at radius 1 is 1.13 bits per heavy atom. The van der Waals surface area contributed by atoms with Gasteiger partial charge in [0, 0.05) is 13.1 Å². The van der Waals surface area contributed by atoms with Gasteiger partial charge >= 0.3 is 0 Å². The number of nitrogens with zero attached hydrogens (tertiary/aromatic N) is 1. The molecule has 0 aromatic carbocycles. The van der Waals surface area contributed by atoms with Crippen molar-refractivity contribution in [3.63, 3.8) is 0 Å². The van der Waals surface area contributed by atoms with Crippen LogP contribution in [0, 0.1) is 5.41 Å². The zero-order chi connectivity index (χ0) is 12.1. The average Bonchev–Trinajstić information content (AvgIpc) is 2.16. The second-order valence-electron chi connectivity index (χ2n) is 5.52. The van der Waals surface area contributed by atoms with Crippen molar-refractivity contribution in [3.8, 4) is 0 Å². The molecule has 0 spiro atoms. The van der Waals surface area contributed by atoms with E-state index in [1.54, 1.807) is 0 Å². The fourth-order valence-electron chi connectivity index (χ4n) is 1.54. The van der Waals surface area contributed by atoms with Crippen LogP contribution in [0.15, 0.2) is 0 Å². The molecule has 0 heterocycles. The Morgan fingerprint density at radius 2 is 1.67 bits per heavy atom. The molecule has 0 radical (unpaired) electrons. The summed E-state index contributed by atoms with van der Waals surface area (Å²) in [6.45, 7) is 13.7. The van der Waals surface area contributed by atoms with E-state index >= 15 is 0 Å². The quantitative estimate of drug-likeness (QED) is 0.677. The van der Waals surface area contributed by atoms with Crippen LogP contribution in [0.2, 0.25) is 0 Å². The van der Waals surface area contributed by atoms with Gasteiger partial charge in [-0.1, -0.05) is 27.7 Å². The van der Waals surface area contributed by atoms with Crippen molar-refractivity contribution in [2.75, 3.05) is 26.2 Å². The Balaban J connectivity index is 4.27. The third-order valence-electron chi connectivity index (χ3n) is 2.98. The number of nitrogens with two attached hydrogens (primary N) is 1. The minimum absolute atomic E-state index is 0.125. The van der Waals surface area contributed by atoms with E-state index in [-0.39, 0.29) is 5.41 Å². The molecule has 0 aliphatic heterocycles. The zero-order valence-corrected chi connectivity index (χ0v) is 11.0. The predicted octanol–water partition coefficient (Wildman–Crippen LogP) is 1.45. The highest BCUT2D eigenvalue weighted by molar-refractivity contribution is 4.80. The van der Waals surface area contributed by atoms with E-state index in [0.29, 0.717) is 6.54 Å². The van der Waals surface area contributed by atoms with Crippen LogP contribution >= 0.6 is 0 Å². The molecule has 0 aliphatic rings. The molecule has 15 heavy (non-hydrogen) atoms. The van der Waals surface area contributed by atoms with Gasteiger partial charge in [-0.05, 0) is 31.8 Å². The fraction of sp³-hybridized carbons (Fsp3) is 1.00. The Morgan fingerprint density at radius 3 is 2.00 bits per heavy atom. The molecule has 0 aromatic heterocycles. The SMILES string of the molecule is CCN(CC(C)(C)CN)CC(C)(O)CC. The predicted molar refractivity (Wildman–Crippen MR) is 65.9 cm³/mol. The van der Waals surface area contributed by atoms with Crippen molar-refractivity contribution in [3.05, 3.63) is 0 Å². The van der Waals surface area contributed by atoms with Crippen LogP contribution in [0.4, 0.5) is 0 Å². The molecule has 3 heteroatoms. The lowest BCUT2D eigenvalue weighted by Crippen LogP contribution is -2.45. The van der Waals surface area contributed by atoms with Gasteiger partial charge in [-0.15, -0.1) is 0 Å². The summed E-state index contributed by atoms with van der Waals surface area (Å²) < 4.78 is 0. The van der Waals surface area contributed by atoms with Crippen LogP contribution in [-0.4, -0.2) is 41.8 Å². The third-order valence-corrected chi connectivity index (χ3v) is 2.98. The maximum Gasteiger partial charge on any atom is 0.0743 e. The summed E-state index contributed by atoms with van der Waals surface area (Å²) in [7, 11) is 0. The average molecular weight is 216 g/mol. The molecule has 1 atom stereocenters. The van der Waals surface area contributed by atoms with E-state index in [2.05, 4.69) is 25.7 Å². The van der Waals surface area contributed by atoms with Gasteiger partial charge in [0.25, 0.3) is 0 Å². The summed E-state index contributed by atoms with van der Waals surface area (Å²) in [6.07, 6.45) is 0.784. The van der Waals surface area contributed by atoms with Crippen LogP contribution in [0.5, 0.6) is 0 Å². The maximum absolute atomic E-state index is 10.0. The van der Waals surface area contributed by atoms with Crippen LogP contribution in [0.25, 0.3) is 0 Å². The molecular weight excluding hydrogens is 188 g/mol. The normalized spacial score (nSPS) is 16.8. The van der Waals surface area contributed by atoms with Gasteiger partial charge in [-0.2, -0.15) is 0 Å². The van der Waals surface area contributed by atoms with Crippen molar-refractivity contribution in [2.24, 2.45) is 11.1 Å². The minimum atomic E-state index is -0.583. The Kier molecular flexibility index (Phi) is 5.78. The lowest BCUT2D eigenvalue weighted by atomic mass is 9.92. The van der Waals surface area contributed by atoms with E-state index < -0.39 is 5.60 Å². The van der Waals surface area contributed by atoms with Crippen LogP contribution in [0.3, 0.4) is 0 Å². The molecule has 0 rings (SSSR count). The fourth-order valence-corrected chi connectivity index (χ4v) is 1.54. The van der Waals surface area contributed by atoms with E-state index in [4.69, 9.17) is 5.73 Å². The number of hydrogen-bond acceptors (Lipinski definition) is 3. The van der Waals surface area contributed by atoms with Crippen molar-refractivity contribution in [1.29, 1.82) is 0 Å². The lowest BCUT2D eigenvalue weighted by molar-refractivity contribution is 0.00861. The first-order chi connectivity index (χ1) is 6.76. The van der Waals surface area contributed by atoms with Crippen LogP contribution in [-0.2, 0) is 0 Å². The second kappa shape index (κ2) is 5.83. The van der Waals surface area contributed by atoms with E-state index in [1.807, 2.05) is 13.8 Å². The van der Waals surface area contributed by atoms with Crippen molar-refractivity contribution in [2.45, 2.75) is 46.6 Å². The summed E-state index contributed by atoms with van der Waals surface area (Å²) in [5.41, 5.74) is 5.26. The zero-order valence-electron chi connectivity index (χ0n) is 11.0. The first-order valence-electron chi connectivity index (χ1n) is 5.91. The van der Waals surface area contributed by atoms with Gasteiger partial charge in [-0.25, -0.2) is 0 Å². The molecule has 1 unspecified atom stereocenters. The Bertz CT molecular complexity index is 160. The van der Waals surface area contributed by atoms with Gasteiger partial charge in [0.15, 0.2) is 0 Å².